The topological polar surface area (TPSA) is 75.1 Å². The van der Waals surface area contributed by atoms with E-state index in [2.05, 4.69) is 15.7 Å². The summed E-state index contributed by atoms with van der Waals surface area (Å²) in [7, 11) is 0. The zero-order valence-corrected chi connectivity index (χ0v) is 21.2. The lowest BCUT2D eigenvalue weighted by Crippen LogP contribution is -2.32. The summed E-state index contributed by atoms with van der Waals surface area (Å²) in [5, 5.41) is 11.0. The molecule has 5 rings (SSSR count). The number of amides is 1. The minimum absolute atomic E-state index is 0.0553. The van der Waals surface area contributed by atoms with Crippen LogP contribution in [0.3, 0.4) is 0 Å². The molecule has 0 aliphatic carbocycles. The molecular formula is C27H29F3N6O. The van der Waals surface area contributed by atoms with E-state index in [1.54, 1.807) is 4.68 Å². The Hall–Kier alpha value is -3.66. The van der Waals surface area contributed by atoms with Gasteiger partial charge in [-0.1, -0.05) is 18.2 Å². The molecule has 1 unspecified atom stereocenters. The Morgan fingerprint density at radius 3 is 2.62 bits per heavy atom. The number of benzene rings is 2. The van der Waals surface area contributed by atoms with Crippen LogP contribution in [0.15, 0.2) is 36.4 Å². The first-order valence-electron chi connectivity index (χ1n) is 12.3. The van der Waals surface area contributed by atoms with Gasteiger partial charge in [-0.05, 0) is 73.7 Å². The first-order chi connectivity index (χ1) is 17.5. The fourth-order valence-electron chi connectivity index (χ4n) is 5.01. The molecule has 0 radical (unpaired) electrons. The molecule has 2 aromatic carbocycles. The Kier molecular flexibility index (Phi) is 6.31. The highest BCUT2D eigenvalue weighted by molar-refractivity contribution is 6.00. The molecule has 3 aromatic rings. The molecule has 1 atom stereocenters. The number of carbonyl (C=O) groups excluding carboxylic acids is 1. The van der Waals surface area contributed by atoms with Gasteiger partial charge in [-0.15, -0.1) is 5.10 Å². The lowest BCUT2D eigenvalue weighted by atomic mass is 9.98. The van der Waals surface area contributed by atoms with Crippen molar-refractivity contribution in [1.82, 2.24) is 25.0 Å². The number of nitrogens with one attached hydrogen (secondary N) is 2. The highest BCUT2D eigenvalue weighted by atomic mass is 19.4. The molecule has 0 bridgehead atoms. The van der Waals surface area contributed by atoms with Crippen LogP contribution < -0.4 is 10.6 Å². The van der Waals surface area contributed by atoms with E-state index in [9.17, 15) is 18.0 Å². The second-order valence-electron chi connectivity index (χ2n) is 9.69. The van der Waals surface area contributed by atoms with Crippen LogP contribution in [0.1, 0.15) is 52.5 Å². The Balaban J connectivity index is 1.38. The summed E-state index contributed by atoms with van der Waals surface area (Å²) in [6.45, 7) is 8.10. The molecule has 1 aromatic heterocycles. The van der Waals surface area contributed by atoms with E-state index in [4.69, 9.17) is 4.98 Å². The smallest absolute Gasteiger partial charge is 0.345 e. The first kappa shape index (κ1) is 25.0. The number of anilines is 2. The van der Waals surface area contributed by atoms with Crippen LogP contribution >= 0.6 is 0 Å². The van der Waals surface area contributed by atoms with Crippen LogP contribution in [-0.4, -0.2) is 51.4 Å². The van der Waals surface area contributed by atoms with Gasteiger partial charge in [0.1, 0.15) is 0 Å². The van der Waals surface area contributed by atoms with Crippen molar-refractivity contribution in [3.8, 4) is 11.4 Å². The third-order valence-electron chi connectivity index (χ3n) is 6.90. The van der Waals surface area contributed by atoms with Crippen molar-refractivity contribution in [2.75, 3.05) is 25.0 Å². The Bertz CT molecular complexity index is 1410. The van der Waals surface area contributed by atoms with E-state index in [1.165, 1.54) is 4.90 Å². The summed E-state index contributed by atoms with van der Waals surface area (Å²) in [5.41, 5.74) is 7.06. The standard InChI is InChI=1S/C27H29F3N6O/c1-5-36-26(32-23-12-21-17(4)31-25(37)22(21)11-16(23)3)33-24(34-36)18-6-7-20(15(2)10-18)19-8-9-35(13-19)14-27(28,29)30/h6-8,10-12,17H,5,9,13-14H2,1-4H3,(H,31,37)(H,32,33,34). The summed E-state index contributed by atoms with van der Waals surface area (Å²) in [5.74, 6) is 1.09. The second-order valence-corrected chi connectivity index (χ2v) is 9.69. The summed E-state index contributed by atoms with van der Waals surface area (Å²) in [6, 6.07) is 9.64. The summed E-state index contributed by atoms with van der Waals surface area (Å²) in [4.78, 5) is 18.3. The third kappa shape index (κ3) is 4.98. The molecule has 0 fully saturated rings. The van der Waals surface area contributed by atoms with E-state index in [1.807, 2.05) is 64.1 Å². The second kappa shape index (κ2) is 9.33. The van der Waals surface area contributed by atoms with E-state index < -0.39 is 12.7 Å². The fourth-order valence-corrected chi connectivity index (χ4v) is 5.01. The molecule has 0 saturated carbocycles. The first-order valence-corrected chi connectivity index (χ1v) is 12.3. The normalized spacial score (nSPS) is 17.6. The fraction of sp³-hybridized carbons (Fsp3) is 0.370. The van der Waals surface area contributed by atoms with Crippen molar-refractivity contribution in [2.24, 2.45) is 0 Å². The predicted molar refractivity (Wildman–Crippen MR) is 137 cm³/mol. The lowest BCUT2D eigenvalue weighted by Gasteiger charge is -2.18. The minimum atomic E-state index is -4.21. The number of rotatable bonds is 6. The van der Waals surface area contributed by atoms with Gasteiger partial charge in [0, 0.05) is 36.4 Å². The number of carbonyl (C=O) groups is 1. The van der Waals surface area contributed by atoms with Gasteiger partial charge in [0.2, 0.25) is 5.95 Å². The minimum Gasteiger partial charge on any atom is -0.345 e. The maximum Gasteiger partial charge on any atom is 0.401 e. The molecule has 7 nitrogen and oxygen atoms in total. The van der Waals surface area contributed by atoms with Crippen LogP contribution in [0.2, 0.25) is 0 Å². The molecular weight excluding hydrogens is 481 g/mol. The maximum absolute atomic E-state index is 12.8. The quantitative estimate of drug-likeness (QED) is 0.465. The molecule has 37 heavy (non-hydrogen) atoms. The van der Waals surface area contributed by atoms with Crippen LogP contribution in [0.4, 0.5) is 24.8 Å². The number of aromatic nitrogens is 3. The van der Waals surface area contributed by atoms with E-state index in [0.717, 1.165) is 39.1 Å². The van der Waals surface area contributed by atoms with Gasteiger partial charge in [0.15, 0.2) is 5.82 Å². The van der Waals surface area contributed by atoms with Crippen molar-refractivity contribution < 1.29 is 18.0 Å². The van der Waals surface area contributed by atoms with Gasteiger partial charge in [-0.25, -0.2) is 4.68 Å². The van der Waals surface area contributed by atoms with Crippen molar-refractivity contribution in [2.45, 2.75) is 46.5 Å². The largest absolute Gasteiger partial charge is 0.401 e. The Morgan fingerprint density at radius 1 is 1.14 bits per heavy atom. The number of hydrogen-bond acceptors (Lipinski definition) is 5. The number of alkyl halides is 3. The SMILES string of the molecule is CCn1nc(-c2ccc(C3=CCN(CC(F)(F)F)C3)c(C)c2)nc1Nc1cc2c(cc1C)C(=O)NC2C. The predicted octanol–water partition coefficient (Wildman–Crippen LogP) is 5.39. The highest BCUT2D eigenvalue weighted by Gasteiger charge is 2.32. The van der Waals surface area contributed by atoms with Crippen molar-refractivity contribution in [1.29, 1.82) is 0 Å². The number of hydrogen-bond donors (Lipinski definition) is 2. The zero-order valence-electron chi connectivity index (χ0n) is 21.2. The highest BCUT2D eigenvalue weighted by Crippen LogP contribution is 2.33. The third-order valence-corrected chi connectivity index (χ3v) is 6.90. The summed E-state index contributed by atoms with van der Waals surface area (Å²) >= 11 is 0. The van der Waals surface area contributed by atoms with Gasteiger partial charge in [0.05, 0.1) is 12.6 Å². The van der Waals surface area contributed by atoms with Crippen LogP contribution in [0, 0.1) is 13.8 Å². The molecule has 2 aliphatic rings. The van der Waals surface area contributed by atoms with Crippen LogP contribution in [0.5, 0.6) is 0 Å². The average molecular weight is 511 g/mol. The van der Waals surface area contributed by atoms with Gasteiger partial charge in [-0.3, -0.25) is 9.69 Å². The maximum atomic E-state index is 12.8. The molecule has 0 spiro atoms. The Labute approximate surface area is 213 Å². The van der Waals surface area contributed by atoms with Crippen molar-refractivity contribution in [3.63, 3.8) is 0 Å². The molecule has 194 valence electrons. The zero-order chi connectivity index (χ0) is 26.5. The van der Waals surface area contributed by atoms with Gasteiger partial charge in [-0.2, -0.15) is 18.2 Å². The molecule has 1 amide bonds. The molecule has 3 heterocycles. The van der Waals surface area contributed by atoms with Crippen LogP contribution in [0.25, 0.3) is 17.0 Å². The van der Waals surface area contributed by atoms with Crippen molar-refractivity contribution >= 4 is 23.1 Å². The monoisotopic (exact) mass is 510 g/mol. The van der Waals surface area contributed by atoms with E-state index in [0.29, 0.717) is 30.4 Å². The van der Waals surface area contributed by atoms with Gasteiger partial charge in [0.25, 0.3) is 5.91 Å². The van der Waals surface area contributed by atoms with E-state index in [-0.39, 0.29) is 18.5 Å². The number of fused-ring (bicyclic) bond motifs is 1. The number of halogens is 3. The summed E-state index contributed by atoms with van der Waals surface area (Å²) in [6.07, 6.45) is -2.34. The van der Waals surface area contributed by atoms with Gasteiger partial charge < -0.3 is 10.6 Å². The van der Waals surface area contributed by atoms with E-state index >= 15 is 0 Å². The average Bonchev–Trinajstić information content (AvgIpc) is 3.51. The Morgan fingerprint density at radius 2 is 1.92 bits per heavy atom. The summed E-state index contributed by atoms with van der Waals surface area (Å²) < 4.78 is 40.1. The molecule has 2 N–H and O–H groups in total. The van der Waals surface area contributed by atoms with Gasteiger partial charge >= 0.3 is 6.18 Å². The molecule has 0 saturated heterocycles. The van der Waals surface area contributed by atoms with Crippen LogP contribution in [-0.2, 0) is 6.54 Å². The molecule has 10 heteroatoms. The number of nitrogens with zero attached hydrogens (tertiary/aromatic N) is 4. The lowest BCUT2D eigenvalue weighted by molar-refractivity contribution is -0.142. The van der Waals surface area contributed by atoms with Crippen molar-refractivity contribution in [3.05, 3.63) is 64.2 Å². The number of aryl methyl sites for hydroxylation is 3. The molecule has 2 aliphatic heterocycles.